The number of halogens is 3. The van der Waals surface area contributed by atoms with Crippen LogP contribution in [-0.2, 0) is 19.1 Å². The maximum atomic E-state index is 13.2. The van der Waals surface area contributed by atoms with Gasteiger partial charge in [0.05, 0.1) is 12.2 Å². The predicted molar refractivity (Wildman–Crippen MR) is 75.9 cm³/mol. The van der Waals surface area contributed by atoms with E-state index in [1.165, 1.54) is 16.0 Å². The molecule has 2 heterocycles. The van der Waals surface area contributed by atoms with Crippen LogP contribution in [0, 0.1) is 6.92 Å². The fourth-order valence-electron chi connectivity index (χ4n) is 2.13. The summed E-state index contributed by atoms with van der Waals surface area (Å²) in [7, 11) is 0. The van der Waals surface area contributed by atoms with Crippen molar-refractivity contribution in [1.29, 1.82) is 0 Å². The normalized spacial score (nSPS) is 11.9. The Balaban J connectivity index is 2.54. The number of nitrogens with zero attached hydrogens (tertiary/aromatic N) is 2. The van der Waals surface area contributed by atoms with Crippen molar-refractivity contribution in [2.24, 2.45) is 0 Å². The van der Waals surface area contributed by atoms with Crippen LogP contribution in [-0.4, -0.2) is 16.4 Å². The summed E-state index contributed by atoms with van der Waals surface area (Å²) in [6, 6.07) is 1.90. The highest BCUT2D eigenvalue weighted by molar-refractivity contribution is 7.10. The third-order valence-corrected chi connectivity index (χ3v) is 4.18. The van der Waals surface area contributed by atoms with E-state index in [1.54, 1.807) is 13.8 Å². The minimum atomic E-state index is -4.48. The van der Waals surface area contributed by atoms with Gasteiger partial charge in [0.15, 0.2) is 5.69 Å². The number of hydrogen-bond donors (Lipinski definition) is 0. The molecule has 2 rings (SSSR count). The summed E-state index contributed by atoms with van der Waals surface area (Å²) in [5.41, 5.74) is 0.261. The Kier molecular flexibility index (Phi) is 4.61. The summed E-state index contributed by atoms with van der Waals surface area (Å²) in [5.74, 6) is 0.222. The highest BCUT2D eigenvalue weighted by Gasteiger charge is 2.39. The Morgan fingerprint density at radius 3 is 2.52 bits per heavy atom. The zero-order valence-corrected chi connectivity index (χ0v) is 12.9. The van der Waals surface area contributed by atoms with Crippen LogP contribution >= 0.6 is 11.3 Å². The monoisotopic (exact) mass is 318 g/mol. The molecule has 0 fully saturated rings. The summed E-state index contributed by atoms with van der Waals surface area (Å²) in [6.07, 6.45) is -4.29. The lowest BCUT2D eigenvalue weighted by Gasteiger charge is -2.09. The van der Waals surface area contributed by atoms with Crippen LogP contribution in [0.1, 0.15) is 35.5 Å². The van der Waals surface area contributed by atoms with E-state index < -0.39 is 11.9 Å². The molecule has 0 aliphatic rings. The summed E-state index contributed by atoms with van der Waals surface area (Å²) >= 11 is 1.45. The van der Waals surface area contributed by atoms with Crippen molar-refractivity contribution in [2.75, 3.05) is 6.61 Å². The predicted octanol–water partition coefficient (Wildman–Crippen LogP) is 4.28. The third-order valence-electron chi connectivity index (χ3n) is 3.15. The molecule has 3 nitrogen and oxygen atoms in total. The Morgan fingerprint density at radius 2 is 2.05 bits per heavy atom. The first kappa shape index (κ1) is 15.9. The number of thiophene rings is 1. The van der Waals surface area contributed by atoms with Crippen LogP contribution in [0.5, 0.6) is 5.88 Å². The van der Waals surface area contributed by atoms with Gasteiger partial charge in [0.25, 0.3) is 0 Å². The molecular weight excluding hydrogens is 301 g/mol. The van der Waals surface area contributed by atoms with E-state index in [1.807, 2.05) is 18.4 Å². The maximum absolute atomic E-state index is 13.2. The minimum absolute atomic E-state index is 0.122. The maximum Gasteiger partial charge on any atom is 0.435 e. The van der Waals surface area contributed by atoms with Crippen molar-refractivity contribution < 1.29 is 17.9 Å². The molecule has 0 spiro atoms. The van der Waals surface area contributed by atoms with Crippen LogP contribution in [0.3, 0.4) is 0 Å². The molecule has 0 aliphatic carbocycles. The first-order valence-corrected chi connectivity index (χ1v) is 7.59. The smallest absolute Gasteiger partial charge is 0.435 e. The van der Waals surface area contributed by atoms with Crippen LogP contribution in [0.4, 0.5) is 13.2 Å². The molecule has 0 saturated heterocycles. The van der Waals surface area contributed by atoms with E-state index in [2.05, 4.69) is 5.10 Å². The van der Waals surface area contributed by atoms with Gasteiger partial charge in [-0.1, -0.05) is 0 Å². The number of alkyl halides is 3. The van der Waals surface area contributed by atoms with Crippen molar-refractivity contribution in [1.82, 2.24) is 9.78 Å². The van der Waals surface area contributed by atoms with Gasteiger partial charge in [0, 0.05) is 17.8 Å². The van der Waals surface area contributed by atoms with Crippen molar-refractivity contribution >= 4 is 11.3 Å². The van der Waals surface area contributed by atoms with E-state index in [4.69, 9.17) is 4.74 Å². The fraction of sp³-hybridized carbons (Fsp3) is 0.500. The molecule has 0 N–H and O–H groups in total. The Bertz CT molecular complexity index is 616. The highest BCUT2D eigenvalue weighted by Crippen LogP contribution is 2.38. The lowest BCUT2D eigenvalue weighted by atomic mass is 10.1. The van der Waals surface area contributed by atoms with Gasteiger partial charge in [-0.3, -0.25) is 0 Å². The molecule has 0 amide bonds. The Labute approximate surface area is 125 Å². The number of rotatable bonds is 5. The Morgan fingerprint density at radius 1 is 1.33 bits per heavy atom. The van der Waals surface area contributed by atoms with E-state index in [0.717, 1.165) is 10.4 Å². The zero-order valence-electron chi connectivity index (χ0n) is 12.1. The van der Waals surface area contributed by atoms with E-state index in [0.29, 0.717) is 13.2 Å². The van der Waals surface area contributed by atoms with Gasteiger partial charge >= 0.3 is 6.18 Å². The minimum Gasteiger partial charge on any atom is -0.478 e. The standard InChI is InChI=1S/C14H17F3N2OS/c1-4-19-13(20-5-2)10(12(18-19)14(15,16)17)8-11-9(3)6-7-21-11/h6-7H,4-5,8H2,1-3H3. The molecule has 2 aromatic heterocycles. The first-order chi connectivity index (χ1) is 9.88. The zero-order chi connectivity index (χ0) is 15.6. The van der Waals surface area contributed by atoms with Gasteiger partial charge in [-0.15, -0.1) is 11.3 Å². The lowest BCUT2D eigenvalue weighted by molar-refractivity contribution is -0.142. The average Bonchev–Trinajstić information content (AvgIpc) is 2.95. The number of aromatic nitrogens is 2. The molecule has 0 aliphatic heterocycles. The molecule has 21 heavy (non-hydrogen) atoms. The number of hydrogen-bond acceptors (Lipinski definition) is 3. The van der Waals surface area contributed by atoms with E-state index in [9.17, 15) is 13.2 Å². The topological polar surface area (TPSA) is 27.1 Å². The quantitative estimate of drug-likeness (QED) is 0.822. The molecular formula is C14H17F3N2OS. The molecule has 0 aromatic carbocycles. The van der Waals surface area contributed by atoms with Gasteiger partial charge < -0.3 is 4.74 Å². The van der Waals surface area contributed by atoms with E-state index >= 15 is 0 Å². The molecule has 7 heteroatoms. The third kappa shape index (κ3) is 3.23. The number of aryl methyl sites for hydroxylation is 2. The van der Waals surface area contributed by atoms with Gasteiger partial charge in [-0.05, 0) is 37.8 Å². The lowest BCUT2D eigenvalue weighted by Crippen LogP contribution is -2.10. The van der Waals surface area contributed by atoms with Crippen LogP contribution < -0.4 is 4.74 Å². The van der Waals surface area contributed by atoms with Gasteiger partial charge in [0.1, 0.15) is 0 Å². The fourth-order valence-corrected chi connectivity index (χ4v) is 3.05. The average molecular weight is 318 g/mol. The van der Waals surface area contributed by atoms with E-state index in [-0.39, 0.29) is 17.9 Å². The molecule has 0 radical (unpaired) electrons. The second-order valence-electron chi connectivity index (χ2n) is 4.58. The second-order valence-corrected chi connectivity index (χ2v) is 5.58. The number of ether oxygens (including phenoxy) is 1. The van der Waals surface area contributed by atoms with Crippen LogP contribution in [0.2, 0.25) is 0 Å². The second kappa shape index (κ2) is 6.09. The Hall–Kier alpha value is -1.50. The van der Waals surface area contributed by atoms with Crippen molar-refractivity contribution in [2.45, 2.75) is 39.9 Å². The molecule has 0 saturated carbocycles. The van der Waals surface area contributed by atoms with Crippen LogP contribution in [0.25, 0.3) is 0 Å². The van der Waals surface area contributed by atoms with Crippen LogP contribution in [0.15, 0.2) is 11.4 Å². The molecule has 0 unspecified atom stereocenters. The summed E-state index contributed by atoms with van der Waals surface area (Å²) in [4.78, 5) is 0.900. The summed E-state index contributed by atoms with van der Waals surface area (Å²) in [5, 5.41) is 5.58. The SMILES string of the molecule is CCOc1c(Cc2sccc2C)c(C(F)(F)F)nn1CC. The molecule has 116 valence electrons. The summed E-state index contributed by atoms with van der Waals surface area (Å²) < 4.78 is 46.4. The van der Waals surface area contributed by atoms with Crippen molar-refractivity contribution in [3.63, 3.8) is 0 Å². The molecule has 0 bridgehead atoms. The first-order valence-electron chi connectivity index (χ1n) is 6.71. The van der Waals surface area contributed by atoms with Crippen molar-refractivity contribution in [3.8, 4) is 5.88 Å². The molecule has 0 atom stereocenters. The summed E-state index contributed by atoms with van der Waals surface area (Å²) in [6.45, 7) is 6.03. The molecule has 2 aromatic rings. The van der Waals surface area contributed by atoms with Gasteiger partial charge in [0.2, 0.25) is 5.88 Å². The van der Waals surface area contributed by atoms with Gasteiger partial charge in [-0.2, -0.15) is 18.3 Å². The van der Waals surface area contributed by atoms with Gasteiger partial charge in [-0.25, -0.2) is 4.68 Å². The van der Waals surface area contributed by atoms with Crippen molar-refractivity contribution in [3.05, 3.63) is 33.1 Å². The largest absolute Gasteiger partial charge is 0.478 e. The highest BCUT2D eigenvalue weighted by atomic mass is 32.1.